The fourth-order valence-corrected chi connectivity index (χ4v) is 1.73. The molecule has 0 aliphatic carbocycles. The molecule has 0 aliphatic rings. The first-order chi connectivity index (χ1) is 7.93. The number of hydrogen-bond acceptors (Lipinski definition) is 1. The van der Waals surface area contributed by atoms with Crippen LogP contribution in [0.15, 0.2) is 18.2 Å². The molecule has 1 N–H and O–H groups in total. The Hall–Kier alpha value is -2.03. The van der Waals surface area contributed by atoms with E-state index in [2.05, 4.69) is 4.98 Å². The average molecular weight is 242 g/mol. The Morgan fingerprint density at radius 3 is 2.59 bits per heavy atom. The van der Waals surface area contributed by atoms with E-state index in [0.717, 1.165) is 12.1 Å². The largest absolute Gasteiger partial charge is 0.431 e. The first kappa shape index (κ1) is 11.5. The third-order valence-electron chi connectivity index (χ3n) is 2.41. The van der Waals surface area contributed by atoms with Crippen LogP contribution in [0.25, 0.3) is 10.9 Å². The molecule has 0 fully saturated rings. The van der Waals surface area contributed by atoms with Gasteiger partial charge in [0.15, 0.2) is 0 Å². The smallest absolute Gasteiger partial charge is 0.351 e. The summed E-state index contributed by atoms with van der Waals surface area (Å²) < 4.78 is 50.9. The number of aromatic nitrogens is 1. The maximum Gasteiger partial charge on any atom is 0.431 e. The summed E-state index contributed by atoms with van der Waals surface area (Å²) in [5, 5.41) is 8.76. The Morgan fingerprint density at radius 2 is 2.00 bits per heavy atom. The van der Waals surface area contributed by atoms with Crippen LogP contribution in [-0.2, 0) is 12.6 Å². The van der Waals surface area contributed by atoms with E-state index in [4.69, 9.17) is 5.26 Å². The zero-order chi connectivity index (χ0) is 12.6. The third-order valence-corrected chi connectivity index (χ3v) is 2.41. The Morgan fingerprint density at radius 1 is 1.29 bits per heavy atom. The van der Waals surface area contributed by atoms with Gasteiger partial charge in [-0.15, -0.1) is 0 Å². The Labute approximate surface area is 93.5 Å². The van der Waals surface area contributed by atoms with E-state index in [0.29, 0.717) is 0 Å². The van der Waals surface area contributed by atoms with E-state index in [9.17, 15) is 17.6 Å². The van der Waals surface area contributed by atoms with Gasteiger partial charge in [0.25, 0.3) is 0 Å². The molecule has 0 spiro atoms. The summed E-state index contributed by atoms with van der Waals surface area (Å²) in [6, 6.07) is 4.96. The molecule has 0 unspecified atom stereocenters. The second-order valence-corrected chi connectivity index (χ2v) is 3.50. The number of halogens is 4. The molecule has 0 bridgehead atoms. The fourth-order valence-electron chi connectivity index (χ4n) is 1.73. The number of nitriles is 1. The molecule has 1 aromatic carbocycles. The van der Waals surface area contributed by atoms with Crippen LogP contribution in [0.4, 0.5) is 17.6 Å². The second-order valence-electron chi connectivity index (χ2n) is 3.50. The first-order valence-electron chi connectivity index (χ1n) is 4.67. The van der Waals surface area contributed by atoms with Gasteiger partial charge in [-0.2, -0.15) is 18.4 Å². The standard InChI is InChI=1S/C11H6F4N2/c12-6-1-2-7-8(3-4-16)10(11(13,14)15)17-9(7)5-6/h1-2,5,17H,3H2. The number of rotatable bonds is 1. The minimum atomic E-state index is -4.58. The van der Waals surface area contributed by atoms with Crippen LogP contribution in [0.5, 0.6) is 0 Å². The van der Waals surface area contributed by atoms with Crippen LogP contribution in [0.3, 0.4) is 0 Å². The summed E-state index contributed by atoms with van der Waals surface area (Å²) in [6.45, 7) is 0. The number of aromatic amines is 1. The molecule has 1 heterocycles. The quantitative estimate of drug-likeness (QED) is 0.765. The molecule has 17 heavy (non-hydrogen) atoms. The molecule has 88 valence electrons. The van der Waals surface area contributed by atoms with Crippen LogP contribution in [0, 0.1) is 17.1 Å². The van der Waals surface area contributed by atoms with E-state index in [-0.39, 0.29) is 22.9 Å². The maximum atomic E-state index is 12.9. The van der Waals surface area contributed by atoms with Crippen molar-refractivity contribution < 1.29 is 17.6 Å². The lowest BCUT2D eigenvalue weighted by atomic mass is 10.1. The van der Waals surface area contributed by atoms with Gasteiger partial charge in [-0.05, 0) is 18.2 Å². The summed E-state index contributed by atoms with van der Waals surface area (Å²) in [4.78, 5) is 2.11. The molecule has 6 heteroatoms. The number of benzene rings is 1. The van der Waals surface area contributed by atoms with Gasteiger partial charge in [-0.1, -0.05) is 0 Å². The van der Waals surface area contributed by atoms with E-state index in [1.807, 2.05) is 0 Å². The van der Waals surface area contributed by atoms with Gasteiger partial charge in [0.05, 0.1) is 12.5 Å². The second kappa shape index (κ2) is 3.77. The van der Waals surface area contributed by atoms with Crippen LogP contribution >= 0.6 is 0 Å². The fraction of sp³-hybridized carbons (Fsp3) is 0.182. The molecule has 0 atom stereocenters. The van der Waals surface area contributed by atoms with Crippen LogP contribution in [0.1, 0.15) is 11.3 Å². The molecule has 2 aromatic rings. The van der Waals surface area contributed by atoms with Crippen molar-refractivity contribution in [3.05, 3.63) is 35.3 Å². The molecular formula is C11H6F4N2. The van der Waals surface area contributed by atoms with Crippen LogP contribution in [-0.4, -0.2) is 4.98 Å². The van der Waals surface area contributed by atoms with Crippen LogP contribution < -0.4 is 0 Å². The Bertz CT molecular complexity index is 604. The van der Waals surface area contributed by atoms with Gasteiger partial charge in [0.1, 0.15) is 11.5 Å². The monoisotopic (exact) mass is 242 g/mol. The highest BCUT2D eigenvalue weighted by Gasteiger charge is 2.36. The van der Waals surface area contributed by atoms with E-state index < -0.39 is 17.7 Å². The van der Waals surface area contributed by atoms with Crippen molar-refractivity contribution in [3.63, 3.8) is 0 Å². The summed E-state index contributed by atoms with van der Waals surface area (Å²) >= 11 is 0. The van der Waals surface area contributed by atoms with Crippen molar-refractivity contribution in [3.8, 4) is 6.07 Å². The van der Waals surface area contributed by atoms with Crippen molar-refractivity contribution in [2.75, 3.05) is 0 Å². The topological polar surface area (TPSA) is 39.6 Å². The number of nitrogens with one attached hydrogen (secondary N) is 1. The van der Waals surface area contributed by atoms with E-state index in [1.54, 1.807) is 6.07 Å². The number of fused-ring (bicyclic) bond motifs is 1. The van der Waals surface area contributed by atoms with Gasteiger partial charge in [-0.3, -0.25) is 0 Å². The number of alkyl halides is 3. The van der Waals surface area contributed by atoms with Crippen molar-refractivity contribution in [1.29, 1.82) is 5.26 Å². The van der Waals surface area contributed by atoms with Gasteiger partial charge in [-0.25, -0.2) is 4.39 Å². The van der Waals surface area contributed by atoms with Gasteiger partial charge in [0, 0.05) is 16.5 Å². The van der Waals surface area contributed by atoms with Crippen molar-refractivity contribution in [1.82, 2.24) is 4.98 Å². The molecule has 0 amide bonds. The maximum absolute atomic E-state index is 12.9. The SMILES string of the molecule is N#CCc1c(C(F)(F)F)[nH]c2cc(F)ccc12. The number of H-pyrrole nitrogens is 1. The van der Waals surface area contributed by atoms with Crippen molar-refractivity contribution in [2.45, 2.75) is 12.6 Å². The molecule has 0 aliphatic heterocycles. The summed E-state index contributed by atoms with van der Waals surface area (Å²) in [5.41, 5.74) is -1.09. The highest BCUT2D eigenvalue weighted by Crippen LogP contribution is 2.35. The number of hydrogen-bond donors (Lipinski definition) is 1. The summed E-state index contributed by atoms with van der Waals surface area (Å²) in [5.74, 6) is -0.629. The molecule has 2 nitrogen and oxygen atoms in total. The zero-order valence-electron chi connectivity index (χ0n) is 8.40. The van der Waals surface area contributed by atoms with Gasteiger partial charge < -0.3 is 4.98 Å². The summed E-state index contributed by atoms with van der Waals surface area (Å²) in [6.07, 6.45) is -4.96. The minimum Gasteiger partial charge on any atom is -0.351 e. The lowest BCUT2D eigenvalue weighted by Crippen LogP contribution is -2.08. The molecule has 0 saturated heterocycles. The minimum absolute atomic E-state index is 0.0441. The van der Waals surface area contributed by atoms with E-state index in [1.165, 1.54) is 6.07 Å². The van der Waals surface area contributed by atoms with Crippen molar-refractivity contribution >= 4 is 10.9 Å². The van der Waals surface area contributed by atoms with Gasteiger partial charge >= 0.3 is 6.18 Å². The lowest BCUT2D eigenvalue weighted by Gasteiger charge is -2.05. The summed E-state index contributed by atoms with van der Waals surface area (Å²) in [7, 11) is 0. The zero-order valence-corrected chi connectivity index (χ0v) is 8.40. The van der Waals surface area contributed by atoms with Gasteiger partial charge in [0.2, 0.25) is 0 Å². The molecule has 1 aromatic heterocycles. The highest BCUT2D eigenvalue weighted by atomic mass is 19.4. The lowest BCUT2D eigenvalue weighted by molar-refractivity contribution is -0.141. The Balaban J connectivity index is 2.75. The van der Waals surface area contributed by atoms with Crippen LogP contribution in [0.2, 0.25) is 0 Å². The molecule has 0 saturated carbocycles. The predicted molar refractivity (Wildman–Crippen MR) is 52.6 cm³/mol. The molecule has 0 radical (unpaired) electrons. The normalized spacial score (nSPS) is 11.7. The Kier molecular flexibility index (Phi) is 2.54. The average Bonchev–Trinajstić information content (AvgIpc) is 2.56. The third kappa shape index (κ3) is 1.96. The van der Waals surface area contributed by atoms with Crippen molar-refractivity contribution in [2.24, 2.45) is 0 Å². The first-order valence-corrected chi connectivity index (χ1v) is 4.67. The highest BCUT2D eigenvalue weighted by molar-refractivity contribution is 5.85. The molecular weight excluding hydrogens is 236 g/mol. The number of nitrogens with zero attached hydrogens (tertiary/aromatic N) is 1. The molecule has 2 rings (SSSR count). The predicted octanol–water partition coefficient (Wildman–Crippen LogP) is 3.39. The van der Waals surface area contributed by atoms with E-state index >= 15 is 0 Å².